The number of hydrogen-bond acceptors (Lipinski definition) is 2. The molecule has 6 heteroatoms. The average Bonchev–Trinajstić information content (AvgIpc) is 2.83. The van der Waals surface area contributed by atoms with E-state index >= 15 is 0 Å². The number of halogens is 1. The Hall–Kier alpha value is -0.790. The van der Waals surface area contributed by atoms with E-state index in [2.05, 4.69) is 27.6 Å². The first-order chi connectivity index (χ1) is 9.29. The lowest BCUT2D eigenvalue weighted by Gasteiger charge is -2.24. The minimum atomic E-state index is 0. The lowest BCUT2D eigenvalue weighted by atomic mass is 9.96. The maximum absolute atomic E-state index is 4.64. The van der Waals surface area contributed by atoms with Gasteiger partial charge in [-0.25, -0.2) is 4.99 Å². The molecule has 114 valence electrons. The molecule has 1 heterocycles. The van der Waals surface area contributed by atoms with Crippen molar-refractivity contribution in [1.29, 1.82) is 0 Å². The Morgan fingerprint density at radius 2 is 2.15 bits per heavy atom. The van der Waals surface area contributed by atoms with E-state index in [1.807, 2.05) is 24.0 Å². The van der Waals surface area contributed by atoms with Crippen LogP contribution >= 0.6 is 24.0 Å². The Morgan fingerprint density at radius 1 is 1.40 bits per heavy atom. The van der Waals surface area contributed by atoms with Gasteiger partial charge in [0.1, 0.15) is 0 Å². The Bertz CT molecular complexity index is 409. The number of nitrogens with one attached hydrogen (secondary N) is 2. The summed E-state index contributed by atoms with van der Waals surface area (Å²) in [6.07, 6.45) is 8.37. The summed E-state index contributed by atoms with van der Waals surface area (Å²) >= 11 is 0. The Labute approximate surface area is 138 Å². The van der Waals surface area contributed by atoms with Gasteiger partial charge in [0.15, 0.2) is 5.96 Å². The van der Waals surface area contributed by atoms with E-state index < -0.39 is 0 Å². The van der Waals surface area contributed by atoms with Gasteiger partial charge in [-0.05, 0) is 25.8 Å². The second-order valence-corrected chi connectivity index (χ2v) is 5.12. The Balaban J connectivity index is 0.00000200. The van der Waals surface area contributed by atoms with Crippen molar-refractivity contribution in [3.63, 3.8) is 0 Å². The van der Waals surface area contributed by atoms with Crippen LogP contribution in [0.15, 0.2) is 17.3 Å². The fraction of sp³-hybridized carbons (Fsp3) is 0.714. The second kappa shape index (κ2) is 9.20. The predicted octanol–water partition coefficient (Wildman–Crippen LogP) is 2.43. The lowest BCUT2D eigenvalue weighted by molar-refractivity contribution is 0.410. The zero-order valence-electron chi connectivity index (χ0n) is 12.4. The normalized spacial score (nSPS) is 16.6. The van der Waals surface area contributed by atoms with Gasteiger partial charge in [-0.1, -0.05) is 19.3 Å². The van der Waals surface area contributed by atoms with Crippen molar-refractivity contribution < 1.29 is 0 Å². The zero-order chi connectivity index (χ0) is 13.5. The monoisotopic (exact) mass is 391 g/mol. The molecular weight excluding hydrogens is 365 g/mol. The summed E-state index contributed by atoms with van der Waals surface area (Å²) in [5.41, 5.74) is 1.13. The topological polar surface area (TPSA) is 54.2 Å². The van der Waals surface area contributed by atoms with Crippen LogP contribution in [0, 0.1) is 0 Å². The fourth-order valence-corrected chi connectivity index (χ4v) is 2.48. The van der Waals surface area contributed by atoms with Gasteiger partial charge in [0.05, 0.1) is 12.2 Å². The van der Waals surface area contributed by atoms with E-state index in [4.69, 9.17) is 0 Å². The highest BCUT2D eigenvalue weighted by Crippen LogP contribution is 2.17. The summed E-state index contributed by atoms with van der Waals surface area (Å²) in [6.45, 7) is 3.66. The lowest BCUT2D eigenvalue weighted by Crippen LogP contribution is -2.44. The molecule has 0 aromatic carbocycles. The SMILES string of the molecule is CCNC(=NCc1ccnn1C)NC1CCCCC1.I. The van der Waals surface area contributed by atoms with Crippen molar-refractivity contribution in [2.24, 2.45) is 12.0 Å². The van der Waals surface area contributed by atoms with Gasteiger partial charge in [-0.2, -0.15) is 5.10 Å². The molecule has 0 atom stereocenters. The van der Waals surface area contributed by atoms with Crippen molar-refractivity contribution in [2.45, 2.75) is 51.6 Å². The molecule has 1 aliphatic carbocycles. The van der Waals surface area contributed by atoms with Gasteiger partial charge >= 0.3 is 0 Å². The maximum atomic E-state index is 4.64. The van der Waals surface area contributed by atoms with Crippen molar-refractivity contribution in [3.05, 3.63) is 18.0 Å². The number of nitrogens with zero attached hydrogens (tertiary/aromatic N) is 3. The molecule has 0 unspecified atom stereocenters. The van der Waals surface area contributed by atoms with Gasteiger partial charge in [0, 0.05) is 25.8 Å². The standard InChI is InChI=1S/C14H25N5.HI/c1-3-15-14(18-12-7-5-4-6-8-12)16-11-13-9-10-17-19(13)2;/h9-10,12H,3-8,11H2,1-2H3,(H2,15,16,18);1H. The van der Waals surface area contributed by atoms with Crippen LogP contribution in [-0.2, 0) is 13.6 Å². The third kappa shape index (κ3) is 5.30. The smallest absolute Gasteiger partial charge is 0.191 e. The van der Waals surface area contributed by atoms with Crippen LogP contribution in [0.2, 0.25) is 0 Å². The summed E-state index contributed by atoms with van der Waals surface area (Å²) in [5, 5.41) is 11.0. The van der Waals surface area contributed by atoms with Crippen LogP contribution in [0.25, 0.3) is 0 Å². The third-order valence-corrected chi connectivity index (χ3v) is 3.61. The van der Waals surface area contributed by atoms with E-state index in [0.717, 1.165) is 18.2 Å². The number of aryl methyl sites for hydroxylation is 1. The predicted molar refractivity (Wildman–Crippen MR) is 93.4 cm³/mol. The Morgan fingerprint density at radius 3 is 2.75 bits per heavy atom. The van der Waals surface area contributed by atoms with E-state index in [0.29, 0.717) is 12.6 Å². The van der Waals surface area contributed by atoms with Crippen molar-refractivity contribution in [3.8, 4) is 0 Å². The molecule has 20 heavy (non-hydrogen) atoms. The highest BCUT2D eigenvalue weighted by atomic mass is 127. The molecule has 0 amide bonds. The zero-order valence-corrected chi connectivity index (χ0v) is 14.8. The Kier molecular flexibility index (Phi) is 7.94. The first-order valence-electron chi connectivity index (χ1n) is 7.31. The first kappa shape index (κ1) is 17.3. The van der Waals surface area contributed by atoms with Gasteiger partial charge < -0.3 is 10.6 Å². The molecule has 1 fully saturated rings. The summed E-state index contributed by atoms with van der Waals surface area (Å²) < 4.78 is 1.87. The first-order valence-corrected chi connectivity index (χ1v) is 7.31. The number of rotatable bonds is 4. The van der Waals surface area contributed by atoms with Crippen LogP contribution in [0.3, 0.4) is 0 Å². The number of hydrogen-bond donors (Lipinski definition) is 2. The largest absolute Gasteiger partial charge is 0.357 e. The molecule has 2 rings (SSSR count). The third-order valence-electron chi connectivity index (χ3n) is 3.61. The molecule has 0 radical (unpaired) electrons. The molecule has 0 aliphatic heterocycles. The van der Waals surface area contributed by atoms with Crippen molar-refractivity contribution in [2.75, 3.05) is 6.54 Å². The van der Waals surface area contributed by atoms with Crippen molar-refractivity contribution in [1.82, 2.24) is 20.4 Å². The molecule has 1 saturated carbocycles. The van der Waals surface area contributed by atoms with E-state index in [-0.39, 0.29) is 24.0 Å². The molecule has 5 nitrogen and oxygen atoms in total. The molecule has 0 spiro atoms. The number of aromatic nitrogens is 2. The van der Waals surface area contributed by atoms with Gasteiger partial charge in [0.2, 0.25) is 0 Å². The second-order valence-electron chi connectivity index (χ2n) is 5.12. The fourth-order valence-electron chi connectivity index (χ4n) is 2.48. The maximum Gasteiger partial charge on any atom is 0.191 e. The number of aliphatic imine (C=N–C) groups is 1. The minimum Gasteiger partial charge on any atom is -0.357 e. The van der Waals surface area contributed by atoms with Crippen molar-refractivity contribution >= 4 is 29.9 Å². The van der Waals surface area contributed by atoms with Gasteiger partial charge in [-0.15, -0.1) is 24.0 Å². The summed E-state index contributed by atoms with van der Waals surface area (Å²) in [7, 11) is 1.95. The molecule has 1 aromatic rings. The average molecular weight is 391 g/mol. The summed E-state index contributed by atoms with van der Waals surface area (Å²) in [5.74, 6) is 0.926. The van der Waals surface area contributed by atoms with Crippen LogP contribution in [0.1, 0.15) is 44.7 Å². The van der Waals surface area contributed by atoms with E-state index in [1.165, 1.54) is 32.1 Å². The highest BCUT2D eigenvalue weighted by Gasteiger charge is 2.14. The molecule has 0 bridgehead atoms. The van der Waals surface area contributed by atoms with Crippen LogP contribution in [0.5, 0.6) is 0 Å². The number of guanidine groups is 1. The molecule has 0 saturated heterocycles. The quantitative estimate of drug-likeness (QED) is 0.471. The molecular formula is C14H26IN5. The molecule has 1 aromatic heterocycles. The molecule has 1 aliphatic rings. The van der Waals surface area contributed by atoms with Crippen LogP contribution in [0.4, 0.5) is 0 Å². The molecule has 2 N–H and O–H groups in total. The van der Waals surface area contributed by atoms with Gasteiger partial charge in [-0.3, -0.25) is 4.68 Å². The van der Waals surface area contributed by atoms with E-state index in [9.17, 15) is 0 Å². The summed E-state index contributed by atoms with van der Waals surface area (Å²) in [6, 6.07) is 2.59. The highest BCUT2D eigenvalue weighted by molar-refractivity contribution is 14.0. The van der Waals surface area contributed by atoms with E-state index in [1.54, 1.807) is 0 Å². The minimum absolute atomic E-state index is 0. The van der Waals surface area contributed by atoms with Crippen LogP contribution < -0.4 is 10.6 Å². The van der Waals surface area contributed by atoms with Crippen LogP contribution in [-0.4, -0.2) is 28.3 Å². The summed E-state index contributed by atoms with van der Waals surface area (Å²) in [4.78, 5) is 4.64. The van der Waals surface area contributed by atoms with Gasteiger partial charge in [0.25, 0.3) is 0 Å².